The first-order valence-electron chi connectivity index (χ1n) is 3.75. The third-order valence-electron chi connectivity index (χ3n) is 1.69. The number of quaternary nitrogens is 1. The second kappa shape index (κ2) is 3.88. The van der Waals surface area contributed by atoms with E-state index < -0.39 is 0 Å². The minimum absolute atomic E-state index is 0.297. The van der Waals surface area contributed by atoms with Crippen molar-refractivity contribution in [3.05, 3.63) is 35.4 Å². The van der Waals surface area contributed by atoms with E-state index in [0.29, 0.717) is 12.1 Å². The van der Waals surface area contributed by atoms with Crippen molar-refractivity contribution in [2.24, 2.45) is 0 Å². The first kappa shape index (κ1) is 8.74. The Hall–Kier alpha value is -1.35. The van der Waals surface area contributed by atoms with Crippen molar-refractivity contribution in [1.29, 1.82) is 0 Å². The molecule has 1 aromatic carbocycles. The van der Waals surface area contributed by atoms with E-state index >= 15 is 0 Å². The molecule has 0 saturated heterocycles. The number of carbonyl (C=O) groups is 1. The van der Waals surface area contributed by atoms with Crippen LogP contribution in [-0.2, 0) is 11.3 Å². The number of rotatable bonds is 2. The molecule has 0 fully saturated rings. The van der Waals surface area contributed by atoms with Crippen molar-refractivity contribution in [1.82, 2.24) is 0 Å². The molecular formula is C9H12NO2+. The van der Waals surface area contributed by atoms with Gasteiger partial charge in [0.1, 0.15) is 6.54 Å². The van der Waals surface area contributed by atoms with E-state index in [1.807, 2.05) is 18.2 Å². The highest BCUT2D eigenvalue weighted by atomic mass is 16.5. The number of methoxy groups -OCH3 is 1. The molecule has 12 heavy (non-hydrogen) atoms. The van der Waals surface area contributed by atoms with E-state index in [-0.39, 0.29) is 5.97 Å². The number of hydrogen-bond acceptors (Lipinski definition) is 2. The first-order chi connectivity index (χ1) is 5.79. The molecule has 3 N–H and O–H groups in total. The summed E-state index contributed by atoms with van der Waals surface area (Å²) in [6.07, 6.45) is 0. The van der Waals surface area contributed by atoms with Gasteiger partial charge in [-0.1, -0.05) is 18.2 Å². The summed E-state index contributed by atoms with van der Waals surface area (Å²) in [5.41, 5.74) is 5.25. The van der Waals surface area contributed by atoms with Gasteiger partial charge in [0.05, 0.1) is 12.7 Å². The van der Waals surface area contributed by atoms with E-state index in [2.05, 4.69) is 10.5 Å². The van der Waals surface area contributed by atoms with Gasteiger partial charge in [0.15, 0.2) is 0 Å². The highest BCUT2D eigenvalue weighted by molar-refractivity contribution is 5.90. The highest BCUT2D eigenvalue weighted by Gasteiger charge is 2.09. The molecule has 1 aromatic rings. The van der Waals surface area contributed by atoms with Gasteiger partial charge in [-0.2, -0.15) is 0 Å². The minimum atomic E-state index is -0.297. The quantitative estimate of drug-likeness (QED) is 0.639. The zero-order valence-electron chi connectivity index (χ0n) is 7.04. The fourth-order valence-electron chi connectivity index (χ4n) is 1.05. The van der Waals surface area contributed by atoms with Crippen LogP contribution in [0.4, 0.5) is 0 Å². The Labute approximate surface area is 71.1 Å². The van der Waals surface area contributed by atoms with E-state index in [9.17, 15) is 4.79 Å². The molecule has 3 heteroatoms. The van der Waals surface area contributed by atoms with Crippen molar-refractivity contribution < 1.29 is 15.3 Å². The molecule has 0 aromatic heterocycles. The molecule has 0 amide bonds. The van der Waals surface area contributed by atoms with Crippen molar-refractivity contribution in [2.75, 3.05) is 7.11 Å². The van der Waals surface area contributed by atoms with Crippen LogP contribution >= 0.6 is 0 Å². The molecule has 1 rings (SSSR count). The molecule has 0 aliphatic rings. The zero-order chi connectivity index (χ0) is 8.97. The summed E-state index contributed by atoms with van der Waals surface area (Å²) in [7, 11) is 1.38. The average molecular weight is 166 g/mol. The Morgan fingerprint density at radius 1 is 1.50 bits per heavy atom. The summed E-state index contributed by atoms with van der Waals surface area (Å²) >= 11 is 0. The van der Waals surface area contributed by atoms with E-state index in [0.717, 1.165) is 5.56 Å². The number of esters is 1. The summed E-state index contributed by atoms with van der Waals surface area (Å²) in [6.45, 7) is 0.602. The van der Waals surface area contributed by atoms with Gasteiger partial charge in [0, 0.05) is 5.56 Å². The van der Waals surface area contributed by atoms with Gasteiger partial charge in [0.25, 0.3) is 0 Å². The standard InChI is InChI=1S/C9H11NO2/c1-12-9(11)8-5-3-2-4-7(8)6-10/h2-5H,6,10H2,1H3/p+1. The molecular weight excluding hydrogens is 154 g/mol. The van der Waals surface area contributed by atoms with Gasteiger partial charge < -0.3 is 10.5 Å². The Morgan fingerprint density at radius 3 is 2.75 bits per heavy atom. The van der Waals surface area contributed by atoms with Crippen LogP contribution in [-0.4, -0.2) is 13.1 Å². The molecule has 0 aliphatic heterocycles. The Morgan fingerprint density at radius 2 is 2.17 bits per heavy atom. The van der Waals surface area contributed by atoms with Gasteiger partial charge in [-0.15, -0.1) is 0 Å². The molecule has 3 nitrogen and oxygen atoms in total. The fourth-order valence-corrected chi connectivity index (χ4v) is 1.05. The molecule has 0 spiro atoms. The highest BCUT2D eigenvalue weighted by Crippen LogP contribution is 2.07. The lowest BCUT2D eigenvalue weighted by atomic mass is 10.1. The number of benzene rings is 1. The first-order valence-corrected chi connectivity index (χ1v) is 3.75. The predicted molar refractivity (Wildman–Crippen MR) is 44.4 cm³/mol. The lowest BCUT2D eigenvalue weighted by Gasteiger charge is -2.02. The topological polar surface area (TPSA) is 53.9 Å². The predicted octanol–water partition coefficient (Wildman–Crippen LogP) is 0.215. The van der Waals surface area contributed by atoms with Crippen LogP contribution in [0.2, 0.25) is 0 Å². The van der Waals surface area contributed by atoms with Crippen molar-refractivity contribution in [3.63, 3.8) is 0 Å². The average Bonchev–Trinajstić information content (AvgIpc) is 2.16. The Balaban J connectivity index is 3.04. The van der Waals surface area contributed by atoms with Gasteiger partial charge in [0.2, 0.25) is 0 Å². The third kappa shape index (κ3) is 1.62. The molecule has 0 aliphatic carbocycles. The zero-order valence-corrected chi connectivity index (χ0v) is 7.04. The normalized spacial score (nSPS) is 9.50. The molecule has 0 saturated carbocycles. The van der Waals surface area contributed by atoms with E-state index in [4.69, 9.17) is 0 Å². The summed E-state index contributed by atoms with van der Waals surface area (Å²) < 4.78 is 4.61. The fraction of sp³-hybridized carbons (Fsp3) is 0.222. The van der Waals surface area contributed by atoms with E-state index in [1.54, 1.807) is 6.07 Å². The van der Waals surface area contributed by atoms with Crippen LogP contribution in [0.5, 0.6) is 0 Å². The van der Waals surface area contributed by atoms with Crippen LogP contribution in [0.15, 0.2) is 24.3 Å². The second-order valence-corrected chi connectivity index (χ2v) is 2.40. The summed E-state index contributed by atoms with van der Waals surface area (Å²) in [5, 5.41) is 0. The Bertz CT molecular complexity index is 284. The minimum Gasteiger partial charge on any atom is -0.465 e. The van der Waals surface area contributed by atoms with Crippen molar-refractivity contribution in [3.8, 4) is 0 Å². The summed E-state index contributed by atoms with van der Waals surface area (Å²) in [5.74, 6) is -0.297. The van der Waals surface area contributed by atoms with Crippen LogP contribution in [0.1, 0.15) is 15.9 Å². The summed E-state index contributed by atoms with van der Waals surface area (Å²) in [4.78, 5) is 11.1. The van der Waals surface area contributed by atoms with Gasteiger partial charge in [-0.05, 0) is 6.07 Å². The summed E-state index contributed by atoms with van der Waals surface area (Å²) in [6, 6.07) is 7.31. The van der Waals surface area contributed by atoms with Gasteiger partial charge in [-0.25, -0.2) is 4.79 Å². The van der Waals surface area contributed by atoms with E-state index in [1.165, 1.54) is 7.11 Å². The molecule has 64 valence electrons. The largest absolute Gasteiger partial charge is 0.465 e. The maximum Gasteiger partial charge on any atom is 0.338 e. The van der Waals surface area contributed by atoms with Crippen LogP contribution in [0.25, 0.3) is 0 Å². The lowest BCUT2D eigenvalue weighted by Crippen LogP contribution is -2.48. The lowest BCUT2D eigenvalue weighted by molar-refractivity contribution is -0.386. The molecule has 0 radical (unpaired) electrons. The molecule has 0 unspecified atom stereocenters. The molecule has 0 heterocycles. The molecule has 0 atom stereocenters. The van der Waals surface area contributed by atoms with Gasteiger partial charge in [-0.3, -0.25) is 0 Å². The Kier molecular flexibility index (Phi) is 2.82. The number of hydrogen-bond donors (Lipinski definition) is 1. The SMILES string of the molecule is COC(=O)c1ccccc1C[NH3+]. The van der Waals surface area contributed by atoms with Crippen molar-refractivity contribution >= 4 is 5.97 Å². The van der Waals surface area contributed by atoms with Crippen LogP contribution in [0, 0.1) is 0 Å². The molecule has 0 bridgehead atoms. The monoisotopic (exact) mass is 166 g/mol. The van der Waals surface area contributed by atoms with Crippen LogP contribution < -0.4 is 5.73 Å². The maximum absolute atomic E-state index is 11.1. The maximum atomic E-state index is 11.1. The number of ether oxygens (including phenoxy) is 1. The smallest absolute Gasteiger partial charge is 0.338 e. The third-order valence-corrected chi connectivity index (χ3v) is 1.69. The van der Waals surface area contributed by atoms with Crippen molar-refractivity contribution in [2.45, 2.75) is 6.54 Å². The second-order valence-electron chi connectivity index (χ2n) is 2.40. The van der Waals surface area contributed by atoms with Gasteiger partial charge >= 0.3 is 5.97 Å². The number of carbonyl (C=O) groups excluding carboxylic acids is 1. The van der Waals surface area contributed by atoms with Crippen LogP contribution in [0.3, 0.4) is 0 Å².